The number of carbonyl (C=O) groups excluding carboxylic acids is 1. The lowest BCUT2D eigenvalue weighted by Gasteiger charge is -2.09. The van der Waals surface area contributed by atoms with Crippen molar-refractivity contribution >= 4 is 5.97 Å². The minimum atomic E-state index is -2.73. The molecule has 84 valence electrons. The molecule has 0 radical (unpaired) electrons. The molecule has 0 aromatic rings. The Labute approximate surface area is 81.2 Å². The van der Waals surface area contributed by atoms with Crippen LogP contribution in [0, 0.1) is 0 Å². The average molecular weight is 211 g/mol. The molecule has 4 nitrogen and oxygen atoms in total. The van der Waals surface area contributed by atoms with Gasteiger partial charge in [0.15, 0.2) is 0 Å². The van der Waals surface area contributed by atoms with Crippen LogP contribution in [0.15, 0.2) is 0 Å². The second kappa shape index (κ2) is 7.64. The predicted molar refractivity (Wildman–Crippen MR) is 46.1 cm³/mol. The molecule has 0 amide bonds. The summed E-state index contributed by atoms with van der Waals surface area (Å²) in [5.74, 6) is -0.332. The number of halogens is 2. The number of aliphatic hydroxyl groups excluding tert-OH is 1. The summed E-state index contributed by atoms with van der Waals surface area (Å²) >= 11 is 0. The van der Waals surface area contributed by atoms with Gasteiger partial charge in [0.1, 0.15) is 6.10 Å². The Balaban J connectivity index is 3.25. The summed E-state index contributed by atoms with van der Waals surface area (Å²) in [5, 5.41) is 11.3. The minimum absolute atomic E-state index is 0.168. The standard InChI is InChI=1S/C8H15F2NO3/c1-14-7(13)3-2-4-11-5-6(12)8(9)10/h6,8,11-12H,2-5H2,1H3. The van der Waals surface area contributed by atoms with Gasteiger partial charge in [-0.15, -0.1) is 0 Å². The van der Waals surface area contributed by atoms with Gasteiger partial charge in [-0.3, -0.25) is 4.79 Å². The molecule has 1 atom stereocenters. The normalized spacial score (nSPS) is 12.9. The van der Waals surface area contributed by atoms with Crippen molar-refractivity contribution in [3.8, 4) is 0 Å². The smallest absolute Gasteiger partial charge is 0.305 e. The second-order valence-electron chi connectivity index (χ2n) is 2.79. The highest BCUT2D eigenvalue weighted by Crippen LogP contribution is 1.98. The first kappa shape index (κ1) is 13.2. The zero-order valence-electron chi connectivity index (χ0n) is 8.00. The van der Waals surface area contributed by atoms with Crippen LogP contribution >= 0.6 is 0 Å². The molecule has 0 saturated carbocycles. The van der Waals surface area contributed by atoms with Crippen molar-refractivity contribution in [2.45, 2.75) is 25.4 Å². The minimum Gasteiger partial charge on any atom is -0.469 e. The molecule has 0 spiro atoms. The van der Waals surface area contributed by atoms with Crippen LogP contribution in [-0.2, 0) is 9.53 Å². The van der Waals surface area contributed by atoms with Gasteiger partial charge in [-0.25, -0.2) is 8.78 Å². The summed E-state index contributed by atoms with van der Waals surface area (Å²) in [7, 11) is 1.29. The third-order valence-corrected chi connectivity index (χ3v) is 1.61. The van der Waals surface area contributed by atoms with Crippen LogP contribution in [0.1, 0.15) is 12.8 Å². The molecular formula is C8H15F2NO3. The number of aliphatic hydroxyl groups is 1. The first-order chi connectivity index (χ1) is 6.57. The highest BCUT2D eigenvalue weighted by atomic mass is 19.3. The Hall–Kier alpha value is -0.750. The maximum absolute atomic E-state index is 11.8. The van der Waals surface area contributed by atoms with E-state index in [0.29, 0.717) is 13.0 Å². The van der Waals surface area contributed by atoms with E-state index in [2.05, 4.69) is 10.1 Å². The zero-order valence-corrected chi connectivity index (χ0v) is 8.00. The Morgan fingerprint density at radius 1 is 1.57 bits per heavy atom. The van der Waals surface area contributed by atoms with Crippen LogP contribution in [0.5, 0.6) is 0 Å². The van der Waals surface area contributed by atoms with Crippen molar-refractivity contribution in [1.82, 2.24) is 5.32 Å². The Morgan fingerprint density at radius 2 is 2.21 bits per heavy atom. The first-order valence-electron chi connectivity index (χ1n) is 4.31. The molecule has 1 unspecified atom stereocenters. The van der Waals surface area contributed by atoms with Gasteiger partial charge in [0.05, 0.1) is 7.11 Å². The fraction of sp³-hybridized carbons (Fsp3) is 0.875. The van der Waals surface area contributed by atoms with Crippen LogP contribution < -0.4 is 5.32 Å². The SMILES string of the molecule is COC(=O)CCCNCC(O)C(F)F. The molecule has 0 aliphatic rings. The topological polar surface area (TPSA) is 58.6 Å². The van der Waals surface area contributed by atoms with Crippen LogP contribution in [0.4, 0.5) is 8.78 Å². The molecule has 0 aromatic carbocycles. The Kier molecular flexibility index (Phi) is 7.23. The molecular weight excluding hydrogens is 196 g/mol. The Morgan fingerprint density at radius 3 is 2.71 bits per heavy atom. The molecule has 0 heterocycles. The largest absolute Gasteiger partial charge is 0.469 e. The summed E-state index contributed by atoms with van der Waals surface area (Å²) in [4.78, 5) is 10.6. The molecule has 0 aromatic heterocycles. The summed E-state index contributed by atoms with van der Waals surface area (Å²) in [5.41, 5.74) is 0. The second-order valence-corrected chi connectivity index (χ2v) is 2.79. The summed E-state index contributed by atoms with van der Waals surface area (Å²) < 4.78 is 27.9. The number of ether oxygens (including phenoxy) is 1. The van der Waals surface area contributed by atoms with Gasteiger partial charge in [0.2, 0.25) is 0 Å². The van der Waals surface area contributed by atoms with Crippen molar-refractivity contribution in [1.29, 1.82) is 0 Å². The lowest BCUT2D eigenvalue weighted by Crippen LogP contribution is -2.32. The van der Waals surface area contributed by atoms with E-state index in [4.69, 9.17) is 5.11 Å². The van der Waals surface area contributed by atoms with Crippen molar-refractivity contribution in [3.05, 3.63) is 0 Å². The average Bonchev–Trinajstić information content (AvgIpc) is 2.16. The fourth-order valence-corrected chi connectivity index (χ4v) is 0.799. The molecule has 0 aliphatic carbocycles. The Bertz CT molecular complexity index is 167. The monoisotopic (exact) mass is 211 g/mol. The van der Waals surface area contributed by atoms with Crippen LogP contribution in [0.3, 0.4) is 0 Å². The number of hydrogen-bond acceptors (Lipinski definition) is 4. The van der Waals surface area contributed by atoms with Gasteiger partial charge < -0.3 is 15.2 Å². The molecule has 6 heteroatoms. The third-order valence-electron chi connectivity index (χ3n) is 1.61. The summed E-state index contributed by atoms with van der Waals surface area (Å²) in [6.07, 6.45) is -3.63. The van der Waals surface area contributed by atoms with E-state index < -0.39 is 12.5 Å². The van der Waals surface area contributed by atoms with Gasteiger partial charge in [-0.2, -0.15) is 0 Å². The van der Waals surface area contributed by atoms with Gasteiger partial charge in [0, 0.05) is 13.0 Å². The number of hydrogen-bond donors (Lipinski definition) is 2. The van der Waals surface area contributed by atoms with Gasteiger partial charge in [-0.05, 0) is 13.0 Å². The van der Waals surface area contributed by atoms with Crippen molar-refractivity contribution in [2.24, 2.45) is 0 Å². The van der Waals surface area contributed by atoms with E-state index in [1.807, 2.05) is 0 Å². The van der Waals surface area contributed by atoms with E-state index in [9.17, 15) is 13.6 Å². The van der Waals surface area contributed by atoms with Crippen LogP contribution in [0.25, 0.3) is 0 Å². The molecule has 14 heavy (non-hydrogen) atoms. The molecule has 0 saturated heterocycles. The lowest BCUT2D eigenvalue weighted by molar-refractivity contribution is -0.140. The molecule has 0 bridgehead atoms. The van der Waals surface area contributed by atoms with Gasteiger partial charge in [-0.1, -0.05) is 0 Å². The van der Waals surface area contributed by atoms with Crippen molar-refractivity contribution in [2.75, 3.05) is 20.2 Å². The number of alkyl halides is 2. The molecule has 2 N–H and O–H groups in total. The first-order valence-corrected chi connectivity index (χ1v) is 4.31. The van der Waals surface area contributed by atoms with E-state index in [1.165, 1.54) is 7.11 Å². The van der Waals surface area contributed by atoms with E-state index in [0.717, 1.165) is 0 Å². The van der Waals surface area contributed by atoms with Gasteiger partial charge >= 0.3 is 5.97 Å². The van der Waals surface area contributed by atoms with E-state index >= 15 is 0 Å². The molecule has 0 rings (SSSR count). The number of esters is 1. The molecule has 0 aliphatic heterocycles. The number of methoxy groups -OCH3 is 1. The molecule has 0 fully saturated rings. The fourth-order valence-electron chi connectivity index (χ4n) is 0.799. The van der Waals surface area contributed by atoms with E-state index in [-0.39, 0.29) is 18.9 Å². The third kappa shape index (κ3) is 6.73. The number of rotatable bonds is 7. The summed E-state index contributed by atoms with van der Waals surface area (Å²) in [6, 6.07) is 0. The van der Waals surface area contributed by atoms with E-state index in [1.54, 1.807) is 0 Å². The number of nitrogens with one attached hydrogen (secondary N) is 1. The summed E-state index contributed by atoms with van der Waals surface area (Å²) in [6.45, 7) is 0.234. The van der Waals surface area contributed by atoms with Crippen molar-refractivity contribution < 1.29 is 23.4 Å². The zero-order chi connectivity index (χ0) is 11.0. The lowest BCUT2D eigenvalue weighted by atomic mass is 10.3. The van der Waals surface area contributed by atoms with Crippen LogP contribution in [0.2, 0.25) is 0 Å². The maximum Gasteiger partial charge on any atom is 0.305 e. The van der Waals surface area contributed by atoms with Crippen LogP contribution in [-0.4, -0.2) is 43.8 Å². The highest BCUT2D eigenvalue weighted by molar-refractivity contribution is 5.68. The maximum atomic E-state index is 11.8. The number of carbonyl (C=O) groups is 1. The van der Waals surface area contributed by atoms with Crippen molar-refractivity contribution in [3.63, 3.8) is 0 Å². The van der Waals surface area contributed by atoms with Gasteiger partial charge in [0.25, 0.3) is 6.43 Å². The predicted octanol–water partition coefficient (Wildman–Crippen LogP) is 0.155. The quantitative estimate of drug-likeness (QED) is 0.465. The highest BCUT2D eigenvalue weighted by Gasteiger charge is 2.15.